The Morgan fingerprint density at radius 2 is 0.542 bits per heavy atom. The smallest absolute Gasteiger partial charge is 0.000960 e. The van der Waals surface area contributed by atoms with Crippen LogP contribution in [0, 0.1) is 0 Å². The van der Waals surface area contributed by atoms with Gasteiger partial charge in [-0.3, -0.25) is 0 Å². The normalized spacial score (nSPS) is 11.9. The van der Waals surface area contributed by atoms with Crippen molar-refractivity contribution in [3.63, 3.8) is 0 Å². The average Bonchev–Trinajstić information content (AvgIpc) is 3.18. The van der Waals surface area contributed by atoms with Crippen LogP contribution in [0.3, 0.4) is 0 Å². The van der Waals surface area contributed by atoms with Gasteiger partial charge in [-0.15, -0.1) is 0 Å². The molecule has 0 saturated carbocycles. The van der Waals surface area contributed by atoms with Crippen LogP contribution < -0.4 is 31.8 Å². The van der Waals surface area contributed by atoms with Crippen molar-refractivity contribution >= 4 is 79.7 Å². The summed E-state index contributed by atoms with van der Waals surface area (Å²) in [6, 6.07) is 70.8. The summed E-state index contributed by atoms with van der Waals surface area (Å²) in [5.41, 5.74) is 2.52. The third kappa shape index (κ3) is 4.93. The molecule has 0 nitrogen and oxygen atoms in total. The molecule has 0 aromatic heterocycles. The van der Waals surface area contributed by atoms with Crippen molar-refractivity contribution in [1.82, 2.24) is 0 Å². The highest BCUT2D eigenvalue weighted by molar-refractivity contribution is 7.94. The summed E-state index contributed by atoms with van der Waals surface area (Å²) in [5.74, 6) is 0. The molecule has 48 heavy (non-hydrogen) atoms. The lowest BCUT2D eigenvalue weighted by Crippen LogP contribution is -2.30. The molecule has 0 aliphatic carbocycles. The zero-order chi connectivity index (χ0) is 32.6. The Hall–Kier alpha value is -5.12. The van der Waals surface area contributed by atoms with Gasteiger partial charge in [0, 0.05) is 0 Å². The van der Waals surface area contributed by atoms with Gasteiger partial charge < -0.3 is 0 Å². The molecule has 0 unspecified atom stereocenters. The second kappa shape index (κ2) is 12.5. The fourth-order valence-corrected chi connectivity index (χ4v) is 13.6. The molecule has 8 rings (SSSR count). The second-order valence-corrected chi connectivity index (χ2v) is 18.6. The number of benzene rings is 8. The molecule has 0 amide bonds. The van der Waals surface area contributed by atoms with Crippen LogP contribution in [0.5, 0.6) is 0 Å². The molecule has 2 heteroatoms. The second-order valence-electron chi connectivity index (χ2n) is 12.3. The van der Waals surface area contributed by atoms with E-state index in [-0.39, 0.29) is 0 Å². The molecular formula is C46H36P2. The van der Waals surface area contributed by atoms with Gasteiger partial charge in [0.1, 0.15) is 0 Å². The third-order valence-electron chi connectivity index (χ3n) is 9.67. The van der Waals surface area contributed by atoms with Crippen LogP contribution in [0.15, 0.2) is 194 Å². The van der Waals surface area contributed by atoms with Crippen molar-refractivity contribution in [2.45, 2.75) is 0 Å². The van der Waals surface area contributed by atoms with Gasteiger partial charge in [-0.25, -0.2) is 0 Å². The van der Waals surface area contributed by atoms with Crippen molar-refractivity contribution in [2.24, 2.45) is 0 Å². The van der Waals surface area contributed by atoms with Gasteiger partial charge in [0.25, 0.3) is 0 Å². The molecular weight excluding hydrogens is 614 g/mol. The maximum absolute atomic E-state index is 5.27. The van der Waals surface area contributed by atoms with E-state index >= 15 is 0 Å². The van der Waals surface area contributed by atoms with Gasteiger partial charge in [-0.05, 0) is 78.3 Å². The van der Waals surface area contributed by atoms with Crippen LogP contribution >= 0.6 is 13.8 Å². The van der Waals surface area contributed by atoms with Crippen molar-refractivity contribution < 1.29 is 0 Å². The maximum Gasteiger partial charge on any atom is -0.000960 e. The highest BCUT2D eigenvalue weighted by atomic mass is 31.2. The minimum atomic E-state index is -2.39. The molecule has 0 aliphatic heterocycles. The van der Waals surface area contributed by atoms with Crippen LogP contribution in [-0.4, -0.2) is 12.6 Å². The Kier molecular flexibility index (Phi) is 7.86. The molecule has 0 heterocycles. The summed E-state index contributed by atoms with van der Waals surface area (Å²) < 4.78 is 0. The highest BCUT2D eigenvalue weighted by Gasteiger charge is 2.32. The van der Waals surface area contributed by atoms with Crippen molar-refractivity contribution in [3.8, 4) is 11.1 Å². The monoisotopic (exact) mass is 650 g/mol. The molecule has 230 valence electrons. The van der Waals surface area contributed by atoms with Gasteiger partial charge in [0.05, 0.1) is 0 Å². The zero-order valence-corrected chi connectivity index (χ0v) is 28.6. The van der Waals surface area contributed by atoms with Crippen LogP contribution in [0.4, 0.5) is 0 Å². The lowest BCUT2D eigenvalue weighted by Gasteiger charge is -2.33. The Morgan fingerprint density at radius 1 is 0.271 bits per heavy atom. The molecule has 0 bridgehead atoms. The third-order valence-corrected chi connectivity index (χ3v) is 16.8. The van der Waals surface area contributed by atoms with Crippen molar-refractivity contribution in [3.05, 3.63) is 194 Å². The number of rotatable bonds is 7. The van der Waals surface area contributed by atoms with Gasteiger partial charge in [0.15, 0.2) is 0 Å². The van der Waals surface area contributed by atoms with Gasteiger partial charge in [-0.2, -0.15) is 0 Å². The topological polar surface area (TPSA) is 0 Å². The predicted molar refractivity (Wildman–Crippen MR) is 219 cm³/mol. The van der Waals surface area contributed by atoms with Gasteiger partial charge in [0.2, 0.25) is 0 Å². The number of fused-ring (bicyclic) bond motifs is 2. The summed E-state index contributed by atoms with van der Waals surface area (Å²) in [5, 5.41) is 12.5. The van der Waals surface area contributed by atoms with E-state index in [9.17, 15) is 0 Å². The molecule has 0 radical (unpaired) electrons. The standard InChI is InChI=1S/C46H36P2/c1-47(37-21-7-3-8-22-37,38-23-9-4-10-24-38)43-33-31-35-19-15-17-29-41(35)45(43)46-42-30-18-16-20-36(42)32-34-44(46)48(2,39-25-11-5-12-26-39)40-27-13-6-14-28-40/h3-34H,1-2H2. The fraction of sp³-hybridized carbons (Fsp3) is 0. The van der Waals surface area contributed by atoms with Crippen LogP contribution in [0.25, 0.3) is 32.7 Å². The largest absolute Gasteiger partial charge is 0.0887 e. The minimum Gasteiger partial charge on any atom is -0.0887 e. The molecule has 0 N–H and O–H groups in total. The first-order valence-corrected chi connectivity index (χ1v) is 20.3. The Labute approximate surface area is 283 Å². The van der Waals surface area contributed by atoms with Crippen molar-refractivity contribution in [2.75, 3.05) is 0 Å². The molecule has 0 atom stereocenters. The quantitative estimate of drug-likeness (QED) is 0.151. The average molecular weight is 651 g/mol. The van der Waals surface area contributed by atoms with E-state index < -0.39 is 13.8 Å². The SMILES string of the molecule is C=P(c1ccccc1)(c1ccccc1)c1ccc2ccccc2c1-c1c(P(=C)(c2ccccc2)c2ccccc2)ccc2ccccc12. The summed E-state index contributed by atoms with van der Waals surface area (Å²) in [6.07, 6.45) is 10.5. The van der Waals surface area contributed by atoms with E-state index in [1.54, 1.807) is 0 Å². The zero-order valence-electron chi connectivity index (χ0n) is 26.8. The van der Waals surface area contributed by atoms with Gasteiger partial charge >= 0.3 is 0 Å². The van der Waals surface area contributed by atoms with E-state index in [0.717, 1.165) is 0 Å². The van der Waals surface area contributed by atoms with E-state index in [2.05, 4.69) is 194 Å². The van der Waals surface area contributed by atoms with Gasteiger partial charge in [-0.1, -0.05) is 207 Å². The lowest BCUT2D eigenvalue weighted by molar-refractivity contribution is 1.72. The van der Waals surface area contributed by atoms with E-state index in [1.807, 2.05) is 0 Å². The van der Waals surface area contributed by atoms with Crippen LogP contribution in [-0.2, 0) is 0 Å². The molecule has 0 saturated heterocycles. The van der Waals surface area contributed by atoms with Crippen molar-refractivity contribution in [1.29, 1.82) is 0 Å². The first-order valence-electron chi connectivity index (χ1n) is 16.3. The molecule has 0 spiro atoms. The van der Waals surface area contributed by atoms with E-state index in [0.29, 0.717) is 0 Å². The Balaban J connectivity index is 1.59. The molecule has 0 fully saturated rings. The Bertz CT molecular complexity index is 2220. The molecule has 8 aromatic carbocycles. The van der Waals surface area contributed by atoms with Crippen LogP contribution in [0.1, 0.15) is 0 Å². The molecule has 0 aliphatic rings. The number of hydrogen-bond acceptors (Lipinski definition) is 0. The summed E-state index contributed by atoms with van der Waals surface area (Å²) in [6.45, 7) is -4.77. The van der Waals surface area contributed by atoms with Crippen LogP contribution in [0.2, 0.25) is 0 Å². The fourth-order valence-electron chi connectivity index (χ4n) is 7.27. The Morgan fingerprint density at radius 3 is 0.854 bits per heavy atom. The number of hydrogen-bond donors (Lipinski definition) is 0. The first kappa shape index (κ1) is 30.2. The van der Waals surface area contributed by atoms with E-state index in [4.69, 9.17) is 12.6 Å². The first-order chi connectivity index (χ1) is 23.6. The minimum absolute atomic E-state index is 1.22. The summed E-state index contributed by atoms with van der Waals surface area (Å²) in [4.78, 5) is 0. The maximum atomic E-state index is 5.27. The summed E-state index contributed by atoms with van der Waals surface area (Å²) in [7, 11) is 0. The predicted octanol–water partition coefficient (Wildman–Crippen LogP) is 9.11. The van der Waals surface area contributed by atoms with E-state index in [1.165, 1.54) is 64.5 Å². The molecule has 8 aromatic rings. The highest BCUT2D eigenvalue weighted by Crippen LogP contribution is 2.51. The summed E-state index contributed by atoms with van der Waals surface area (Å²) >= 11 is 0. The lowest BCUT2D eigenvalue weighted by atomic mass is 9.93.